The van der Waals surface area contributed by atoms with Crippen LogP contribution in [0.25, 0.3) is 10.9 Å². The van der Waals surface area contributed by atoms with E-state index < -0.39 is 0 Å². The van der Waals surface area contributed by atoms with E-state index in [0.717, 1.165) is 22.9 Å². The maximum Gasteiger partial charge on any atom is 0.163 e. The van der Waals surface area contributed by atoms with Gasteiger partial charge in [-0.1, -0.05) is 18.2 Å². The molecule has 0 aliphatic carbocycles. The molecule has 0 unspecified atom stereocenters. The number of halogens is 1. The summed E-state index contributed by atoms with van der Waals surface area (Å²) in [4.78, 5) is 16.2. The number of carbonyl (C=O) groups is 1. The molecule has 3 heteroatoms. The molecule has 0 radical (unpaired) electrons. The topological polar surface area (TPSA) is 30.0 Å². The highest BCUT2D eigenvalue weighted by molar-refractivity contribution is 6.18. The Bertz CT molecular complexity index is 505. The van der Waals surface area contributed by atoms with Crippen molar-refractivity contribution < 1.29 is 4.79 Å². The second-order valence-corrected chi connectivity index (χ2v) is 3.97. The first-order valence-corrected chi connectivity index (χ1v) is 5.79. The van der Waals surface area contributed by atoms with Crippen LogP contribution in [-0.2, 0) is 0 Å². The van der Waals surface area contributed by atoms with Crippen molar-refractivity contribution in [1.29, 1.82) is 0 Å². The summed E-state index contributed by atoms with van der Waals surface area (Å²) in [6, 6.07) is 9.40. The molecule has 2 aromatic rings. The van der Waals surface area contributed by atoms with Gasteiger partial charge in [0.25, 0.3) is 0 Å². The van der Waals surface area contributed by atoms with E-state index >= 15 is 0 Å². The number of nitrogens with zero attached hydrogens (tertiary/aromatic N) is 1. The van der Waals surface area contributed by atoms with E-state index in [0.29, 0.717) is 12.3 Å². The summed E-state index contributed by atoms with van der Waals surface area (Å²) in [5.74, 6) is 0.661. The van der Waals surface area contributed by atoms with E-state index in [-0.39, 0.29) is 5.78 Å². The van der Waals surface area contributed by atoms with E-state index in [2.05, 4.69) is 4.98 Å². The number of carbonyl (C=O) groups excluding carboxylic acids is 1. The van der Waals surface area contributed by atoms with E-state index in [1.165, 1.54) is 0 Å². The monoisotopic (exact) mass is 233 g/mol. The third-order valence-corrected chi connectivity index (χ3v) is 2.75. The lowest BCUT2D eigenvalue weighted by molar-refractivity contribution is 0.0983. The van der Waals surface area contributed by atoms with Gasteiger partial charge in [-0.25, -0.2) is 0 Å². The smallest absolute Gasteiger partial charge is 0.163 e. The van der Waals surface area contributed by atoms with Crippen LogP contribution in [-0.4, -0.2) is 16.6 Å². The third-order valence-electron chi connectivity index (χ3n) is 2.48. The number of hydrogen-bond acceptors (Lipinski definition) is 2. The Morgan fingerprint density at radius 3 is 2.94 bits per heavy atom. The van der Waals surface area contributed by atoms with Crippen molar-refractivity contribution in [3.8, 4) is 0 Å². The predicted octanol–water partition coefficient (Wildman–Crippen LogP) is 3.44. The van der Waals surface area contributed by atoms with Crippen LogP contribution in [0.4, 0.5) is 0 Å². The van der Waals surface area contributed by atoms with Crippen molar-refractivity contribution in [3.05, 3.63) is 42.1 Å². The highest BCUT2D eigenvalue weighted by Crippen LogP contribution is 2.18. The molecule has 1 heterocycles. The lowest BCUT2D eigenvalue weighted by atomic mass is 10.0. The molecule has 0 saturated carbocycles. The number of fused-ring (bicyclic) bond motifs is 1. The summed E-state index contributed by atoms with van der Waals surface area (Å²) < 4.78 is 0. The number of alkyl halides is 1. The molecule has 0 saturated heterocycles. The van der Waals surface area contributed by atoms with Crippen LogP contribution in [0.3, 0.4) is 0 Å². The molecule has 0 atom stereocenters. The number of rotatable bonds is 4. The minimum Gasteiger partial charge on any atom is -0.294 e. The first-order valence-electron chi connectivity index (χ1n) is 5.26. The summed E-state index contributed by atoms with van der Waals surface area (Å²) in [5.41, 5.74) is 1.61. The summed E-state index contributed by atoms with van der Waals surface area (Å²) in [5, 5.41) is 0.921. The normalized spacial score (nSPS) is 10.6. The molecule has 0 N–H and O–H groups in total. The molecule has 1 aromatic carbocycles. The van der Waals surface area contributed by atoms with E-state index in [9.17, 15) is 4.79 Å². The average molecular weight is 234 g/mol. The van der Waals surface area contributed by atoms with Crippen LogP contribution in [0.5, 0.6) is 0 Å². The van der Waals surface area contributed by atoms with Crippen LogP contribution in [0.15, 0.2) is 36.5 Å². The largest absolute Gasteiger partial charge is 0.294 e. The molecule has 0 bridgehead atoms. The highest BCUT2D eigenvalue weighted by Gasteiger charge is 2.09. The van der Waals surface area contributed by atoms with Gasteiger partial charge in [-0.15, -0.1) is 11.6 Å². The van der Waals surface area contributed by atoms with Gasteiger partial charge in [0.15, 0.2) is 5.78 Å². The molecule has 2 nitrogen and oxygen atoms in total. The van der Waals surface area contributed by atoms with Gasteiger partial charge in [-0.3, -0.25) is 9.78 Å². The van der Waals surface area contributed by atoms with Gasteiger partial charge in [0.05, 0.1) is 5.52 Å². The second-order valence-electron chi connectivity index (χ2n) is 3.59. The average Bonchev–Trinajstić information content (AvgIpc) is 2.35. The van der Waals surface area contributed by atoms with Crippen LogP contribution in [0.1, 0.15) is 23.2 Å². The minimum atomic E-state index is 0.138. The van der Waals surface area contributed by atoms with Gasteiger partial charge in [-0.2, -0.15) is 0 Å². The number of hydrogen-bond donors (Lipinski definition) is 0. The molecule has 82 valence electrons. The zero-order valence-electron chi connectivity index (χ0n) is 8.82. The zero-order chi connectivity index (χ0) is 11.4. The second kappa shape index (κ2) is 5.08. The lowest BCUT2D eigenvalue weighted by Crippen LogP contribution is -2.00. The molecule has 0 aliphatic heterocycles. The SMILES string of the molecule is O=C(CCCCl)c1cccc2ncccc12. The first kappa shape index (κ1) is 11.1. The van der Waals surface area contributed by atoms with Crippen LogP contribution in [0, 0.1) is 0 Å². The lowest BCUT2D eigenvalue weighted by Gasteiger charge is -2.04. The van der Waals surface area contributed by atoms with E-state index in [1.54, 1.807) is 6.20 Å². The summed E-state index contributed by atoms with van der Waals surface area (Å²) in [7, 11) is 0. The molecule has 1 aromatic heterocycles. The number of benzene rings is 1. The van der Waals surface area contributed by atoms with Crippen molar-refractivity contribution in [2.45, 2.75) is 12.8 Å². The van der Waals surface area contributed by atoms with Crippen LogP contribution >= 0.6 is 11.6 Å². The van der Waals surface area contributed by atoms with E-state index in [1.807, 2.05) is 30.3 Å². The molecular formula is C13H12ClNO. The fourth-order valence-corrected chi connectivity index (χ4v) is 1.84. The zero-order valence-corrected chi connectivity index (χ0v) is 9.57. The maximum atomic E-state index is 11.9. The van der Waals surface area contributed by atoms with Gasteiger partial charge >= 0.3 is 0 Å². The Labute approximate surface area is 99.3 Å². The molecule has 0 spiro atoms. The standard InChI is InChI=1S/C13H12ClNO/c14-8-2-7-13(16)11-4-1-6-12-10(11)5-3-9-15-12/h1,3-6,9H,2,7-8H2. The van der Waals surface area contributed by atoms with Crippen molar-refractivity contribution in [2.24, 2.45) is 0 Å². The fourth-order valence-electron chi connectivity index (χ4n) is 1.71. The Morgan fingerprint density at radius 1 is 1.25 bits per heavy atom. The summed E-state index contributed by atoms with van der Waals surface area (Å²) in [6.07, 6.45) is 2.95. The molecule has 0 aliphatic rings. The van der Waals surface area contributed by atoms with Crippen molar-refractivity contribution >= 4 is 28.3 Å². The maximum absolute atomic E-state index is 11.9. The van der Waals surface area contributed by atoms with E-state index in [4.69, 9.17) is 11.6 Å². The Balaban J connectivity index is 2.40. The quantitative estimate of drug-likeness (QED) is 0.598. The minimum absolute atomic E-state index is 0.138. The molecule has 16 heavy (non-hydrogen) atoms. The summed E-state index contributed by atoms with van der Waals surface area (Å²) in [6.45, 7) is 0. The number of aromatic nitrogens is 1. The van der Waals surface area contributed by atoms with Crippen molar-refractivity contribution in [2.75, 3.05) is 5.88 Å². The molecular weight excluding hydrogens is 222 g/mol. The van der Waals surface area contributed by atoms with Gasteiger partial charge in [0.2, 0.25) is 0 Å². The number of ketones is 1. The highest BCUT2D eigenvalue weighted by atomic mass is 35.5. The van der Waals surface area contributed by atoms with Gasteiger partial charge in [0, 0.05) is 29.4 Å². The number of pyridine rings is 1. The van der Waals surface area contributed by atoms with Gasteiger partial charge < -0.3 is 0 Å². The first-order chi connectivity index (χ1) is 7.83. The summed E-state index contributed by atoms with van der Waals surface area (Å²) >= 11 is 5.59. The van der Waals surface area contributed by atoms with Crippen molar-refractivity contribution in [3.63, 3.8) is 0 Å². The third kappa shape index (κ3) is 2.22. The van der Waals surface area contributed by atoms with Gasteiger partial charge in [-0.05, 0) is 18.6 Å². The predicted molar refractivity (Wildman–Crippen MR) is 66.0 cm³/mol. The Kier molecular flexibility index (Phi) is 3.52. The molecule has 2 rings (SSSR count). The van der Waals surface area contributed by atoms with Crippen molar-refractivity contribution in [1.82, 2.24) is 4.98 Å². The Morgan fingerprint density at radius 2 is 2.12 bits per heavy atom. The van der Waals surface area contributed by atoms with Crippen LogP contribution < -0.4 is 0 Å². The molecule has 0 fully saturated rings. The fraction of sp³-hybridized carbons (Fsp3) is 0.231. The number of Topliss-reactive ketones (excluding diaryl/α,β-unsaturated/α-hetero) is 1. The van der Waals surface area contributed by atoms with Gasteiger partial charge in [0.1, 0.15) is 0 Å². The van der Waals surface area contributed by atoms with Crippen LogP contribution in [0.2, 0.25) is 0 Å². The molecule has 0 amide bonds. The Hall–Kier alpha value is -1.41.